The van der Waals surface area contributed by atoms with E-state index in [1.54, 1.807) is 11.3 Å². The maximum Gasteiger partial charge on any atom is 0.407 e. The Bertz CT molecular complexity index is 597. The first-order chi connectivity index (χ1) is 10.2. The standard InChI is InChI=1S/C14H18N4O2S/c19-14(20)18-8-7-15-10(9-18)5-6-16-13-17-11-3-1-2-4-12(11)21-13/h1-4,10,15H,5-9H2,(H,16,17)(H,19,20)/t10-/m1/s1. The molecule has 2 aromatic rings. The van der Waals surface area contributed by atoms with Crippen molar-refractivity contribution in [1.29, 1.82) is 0 Å². The summed E-state index contributed by atoms with van der Waals surface area (Å²) in [6, 6.07) is 8.27. The van der Waals surface area contributed by atoms with Crippen LogP contribution in [0.25, 0.3) is 10.2 Å². The molecule has 21 heavy (non-hydrogen) atoms. The molecule has 0 bridgehead atoms. The summed E-state index contributed by atoms with van der Waals surface area (Å²) in [6.45, 7) is 2.62. The number of benzene rings is 1. The number of carbonyl (C=O) groups is 1. The molecule has 0 saturated carbocycles. The van der Waals surface area contributed by atoms with Gasteiger partial charge < -0.3 is 20.6 Å². The molecule has 1 amide bonds. The Balaban J connectivity index is 1.50. The molecule has 112 valence electrons. The van der Waals surface area contributed by atoms with Crippen molar-refractivity contribution in [2.75, 3.05) is 31.5 Å². The van der Waals surface area contributed by atoms with Crippen molar-refractivity contribution in [3.8, 4) is 0 Å². The number of thiazole rings is 1. The highest BCUT2D eigenvalue weighted by atomic mass is 32.1. The van der Waals surface area contributed by atoms with Crippen LogP contribution in [0.15, 0.2) is 24.3 Å². The van der Waals surface area contributed by atoms with Gasteiger partial charge in [-0.3, -0.25) is 0 Å². The van der Waals surface area contributed by atoms with Crippen LogP contribution in [0.3, 0.4) is 0 Å². The van der Waals surface area contributed by atoms with Crippen LogP contribution in [-0.4, -0.2) is 53.3 Å². The molecule has 0 unspecified atom stereocenters. The monoisotopic (exact) mass is 306 g/mol. The zero-order chi connectivity index (χ0) is 14.7. The number of para-hydroxylation sites is 1. The predicted octanol–water partition coefficient (Wildman–Crippen LogP) is 2.05. The van der Waals surface area contributed by atoms with Gasteiger partial charge in [-0.05, 0) is 18.6 Å². The van der Waals surface area contributed by atoms with E-state index in [4.69, 9.17) is 5.11 Å². The van der Waals surface area contributed by atoms with Gasteiger partial charge in [0.1, 0.15) is 0 Å². The van der Waals surface area contributed by atoms with Crippen LogP contribution in [0, 0.1) is 0 Å². The molecule has 0 radical (unpaired) electrons. The lowest BCUT2D eigenvalue weighted by molar-refractivity contribution is 0.128. The normalized spacial score (nSPS) is 18.9. The SMILES string of the molecule is O=C(O)N1CCN[C@H](CCNc2nc3ccccc3s2)C1. The first kappa shape index (κ1) is 14.1. The van der Waals surface area contributed by atoms with E-state index in [0.29, 0.717) is 13.1 Å². The Labute approximate surface area is 126 Å². The fraction of sp³-hybridized carbons (Fsp3) is 0.429. The largest absolute Gasteiger partial charge is 0.465 e. The van der Waals surface area contributed by atoms with E-state index >= 15 is 0 Å². The molecule has 1 aromatic heterocycles. The van der Waals surface area contributed by atoms with Gasteiger partial charge in [-0.15, -0.1) is 0 Å². The van der Waals surface area contributed by atoms with E-state index < -0.39 is 6.09 Å². The molecule has 1 atom stereocenters. The number of nitrogens with zero attached hydrogens (tertiary/aromatic N) is 2. The van der Waals surface area contributed by atoms with Crippen molar-refractivity contribution in [3.05, 3.63) is 24.3 Å². The number of anilines is 1. The second-order valence-corrected chi connectivity index (χ2v) is 6.11. The molecule has 1 aliphatic heterocycles. The molecule has 6 nitrogen and oxygen atoms in total. The van der Waals surface area contributed by atoms with Crippen LogP contribution >= 0.6 is 11.3 Å². The average Bonchev–Trinajstić information content (AvgIpc) is 2.90. The van der Waals surface area contributed by atoms with Crippen molar-refractivity contribution >= 4 is 32.8 Å². The number of rotatable bonds is 4. The Hall–Kier alpha value is -1.86. The van der Waals surface area contributed by atoms with Crippen molar-refractivity contribution in [3.63, 3.8) is 0 Å². The number of piperazine rings is 1. The molecule has 3 N–H and O–H groups in total. The van der Waals surface area contributed by atoms with Gasteiger partial charge in [0.2, 0.25) is 0 Å². The van der Waals surface area contributed by atoms with Gasteiger partial charge >= 0.3 is 6.09 Å². The lowest BCUT2D eigenvalue weighted by Gasteiger charge is -2.31. The number of nitrogens with one attached hydrogen (secondary N) is 2. The number of amides is 1. The second kappa shape index (κ2) is 6.28. The van der Waals surface area contributed by atoms with Gasteiger partial charge in [-0.2, -0.15) is 0 Å². The van der Waals surface area contributed by atoms with Crippen LogP contribution in [0.5, 0.6) is 0 Å². The molecule has 2 heterocycles. The quantitative estimate of drug-likeness (QED) is 0.806. The molecule has 1 fully saturated rings. The Morgan fingerprint density at radius 1 is 1.52 bits per heavy atom. The molecular formula is C14H18N4O2S. The molecule has 0 aliphatic carbocycles. The third-order valence-electron chi connectivity index (χ3n) is 3.59. The van der Waals surface area contributed by atoms with Crippen LogP contribution < -0.4 is 10.6 Å². The molecule has 1 saturated heterocycles. The first-order valence-corrected chi connectivity index (χ1v) is 7.85. The molecule has 0 spiro atoms. The number of hydrogen-bond acceptors (Lipinski definition) is 5. The third-order valence-corrected chi connectivity index (χ3v) is 4.58. The zero-order valence-electron chi connectivity index (χ0n) is 11.6. The summed E-state index contributed by atoms with van der Waals surface area (Å²) >= 11 is 1.64. The summed E-state index contributed by atoms with van der Waals surface area (Å²) < 4.78 is 1.17. The number of hydrogen-bond donors (Lipinski definition) is 3. The fourth-order valence-electron chi connectivity index (χ4n) is 2.49. The molecular weight excluding hydrogens is 288 g/mol. The second-order valence-electron chi connectivity index (χ2n) is 5.08. The van der Waals surface area contributed by atoms with Gasteiger partial charge in [-0.1, -0.05) is 23.5 Å². The third kappa shape index (κ3) is 3.43. The van der Waals surface area contributed by atoms with E-state index in [1.807, 2.05) is 18.2 Å². The van der Waals surface area contributed by atoms with Crippen LogP contribution in [0.1, 0.15) is 6.42 Å². The summed E-state index contributed by atoms with van der Waals surface area (Å²) in [4.78, 5) is 17.0. The van der Waals surface area contributed by atoms with Gasteiger partial charge in [0.25, 0.3) is 0 Å². The molecule has 1 aromatic carbocycles. The van der Waals surface area contributed by atoms with E-state index in [-0.39, 0.29) is 6.04 Å². The zero-order valence-corrected chi connectivity index (χ0v) is 12.4. The summed E-state index contributed by atoms with van der Waals surface area (Å²) in [5, 5.41) is 16.6. The van der Waals surface area contributed by atoms with Gasteiger partial charge in [-0.25, -0.2) is 9.78 Å². The predicted molar refractivity (Wildman–Crippen MR) is 84.1 cm³/mol. The highest BCUT2D eigenvalue weighted by Gasteiger charge is 2.22. The van der Waals surface area contributed by atoms with Crippen molar-refractivity contribution in [2.24, 2.45) is 0 Å². The Morgan fingerprint density at radius 3 is 3.19 bits per heavy atom. The minimum absolute atomic E-state index is 0.205. The summed E-state index contributed by atoms with van der Waals surface area (Å²) in [7, 11) is 0. The molecule has 3 rings (SSSR count). The van der Waals surface area contributed by atoms with E-state index in [0.717, 1.165) is 30.2 Å². The van der Waals surface area contributed by atoms with Gasteiger partial charge in [0.15, 0.2) is 5.13 Å². The fourth-order valence-corrected chi connectivity index (χ4v) is 3.39. The topological polar surface area (TPSA) is 77.5 Å². The smallest absolute Gasteiger partial charge is 0.407 e. The molecule has 1 aliphatic rings. The van der Waals surface area contributed by atoms with E-state index in [2.05, 4.69) is 21.7 Å². The number of fused-ring (bicyclic) bond motifs is 1. The van der Waals surface area contributed by atoms with Crippen LogP contribution in [0.2, 0.25) is 0 Å². The van der Waals surface area contributed by atoms with E-state index in [9.17, 15) is 4.79 Å². The first-order valence-electron chi connectivity index (χ1n) is 7.03. The number of aromatic nitrogens is 1. The average molecular weight is 306 g/mol. The minimum Gasteiger partial charge on any atom is -0.465 e. The minimum atomic E-state index is -0.833. The summed E-state index contributed by atoms with van der Waals surface area (Å²) in [6.07, 6.45) is 0.0420. The molecule has 7 heteroatoms. The van der Waals surface area contributed by atoms with Crippen LogP contribution in [0.4, 0.5) is 9.93 Å². The summed E-state index contributed by atoms with van der Waals surface area (Å²) in [5.41, 5.74) is 1.01. The highest BCUT2D eigenvalue weighted by Crippen LogP contribution is 2.25. The number of carboxylic acid groups (broad SMARTS) is 1. The lowest BCUT2D eigenvalue weighted by Crippen LogP contribution is -2.52. The van der Waals surface area contributed by atoms with Crippen molar-refractivity contribution < 1.29 is 9.90 Å². The summed E-state index contributed by atoms with van der Waals surface area (Å²) in [5.74, 6) is 0. The Kier molecular flexibility index (Phi) is 4.21. The maximum atomic E-state index is 11.0. The van der Waals surface area contributed by atoms with Gasteiger partial charge in [0, 0.05) is 32.2 Å². The highest BCUT2D eigenvalue weighted by molar-refractivity contribution is 7.22. The maximum absolute atomic E-state index is 11.0. The van der Waals surface area contributed by atoms with Crippen molar-refractivity contribution in [2.45, 2.75) is 12.5 Å². The van der Waals surface area contributed by atoms with Gasteiger partial charge in [0.05, 0.1) is 10.2 Å². The lowest BCUT2D eigenvalue weighted by atomic mass is 10.1. The van der Waals surface area contributed by atoms with Crippen LogP contribution in [-0.2, 0) is 0 Å². The van der Waals surface area contributed by atoms with E-state index in [1.165, 1.54) is 9.60 Å². The van der Waals surface area contributed by atoms with Crippen molar-refractivity contribution in [1.82, 2.24) is 15.2 Å². The Morgan fingerprint density at radius 2 is 2.38 bits per heavy atom.